The molecule has 1 unspecified atom stereocenters. The maximum absolute atomic E-state index is 9.70. The normalized spacial score (nSPS) is 30.8. The van der Waals surface area contributed by atoms with E-state index in [2.05, 4.69) is 5.92 Å². The van der Waals surface area contributed by atoms with Gasteiger partial charge in [0.1, 0.15) is 6.10 Å². The Morgan fingerprint density at radius 1 is 1.62 bits per heavy atom. The molecule has 1 N–H and O–H groups in total. The third-order valence-electron chi connectivity index (χ3n) is 2.19. The highest BCUT2D eigenvalue weighted by molar-refractivity contribution is 4.97. The van der Waals surface area contributed by atoms with Crippen LogP contribution < -0.4 is 0 Å². The van der Waals surface area contributed by atoms with Gasteiger partial charge in [-0.25, -0.2) is 0 Å². The van der Waals surface area contributed by atoms with Crippen LogP contribution in [0.5, 0.6) is 0 Å². The Labute approximate surface area is 79.0 Å². The molecule has 3 heteroatoms. The molecule has 0 aromatic rings. The summed E-state index contributed by atoms with van der Waals surface area (Å²) >= 11 is 0. The monoisotopic (exact) mass is 184 g/mol. The quantitative estimate of drug-likeness (QED) is 0.644. The molecule has 1 aliphatic heterocycles. The Hall–Kier alpha value is -0.560. The van der Waals surface area contributed by atoms with Gasteiger partial charge < -0.3 is 14.6 Å². The molecule has 0 aromatic carbocycles. The molecule has 13 heavy (non-hydrogen) atoms. The summed E-state index contributed by atoms with van der Waals surface area (Å²) in [7, 11) is 0. The van der Waals surface area contributed by atoms with Crippen molar-refractivity contribution < 1.29 is 14.6 Å². The standard InChI is InChI=1S/C10H16O3/c1-5-7(2)9(11)8-6-12-10(3,4)13-8/h1,7-9,11H,6H2,2-4H3/t7-,8?,9+/m1/s1. The van der Waals surface area contributed by atoms with E-state index in [1.165, 1.54) is 0 Å². The number of ether oxygens (including phenoxy) is 2. The van der Waals surface area contributed by atoms with E-state index in [1.54, 1.807) is 6.92 Å². The molecule has 0 bridgehead atoms. The minimum atomic E-state index is -0.647. The molecule has 0 aliphatic carbocycles. The number of aliphatic hydroxyl groups excluding tert-OH is 1. The van der Waals surface area contributed by atoms with Crippen molar-refractivity contribution in [2.45, 2.75) is 38.8 Å². The van der Waals surface area contributed by atoms with Crippen LogP contribution in [-0.2, 0) is 9.47 Å². The number of aliphatic hydroxyl groups is 1. The molecule has 1 rings (SSSR count). The maximum Gasteiger partial charge on any atom is 0.163 e. The van der Waals surface area contributed by atoms with Crippen molar-refractivity contribution in [3.8, 4) is 12.3 Å². The van der Waals surface area contributed by atoms with Crippen molar-refractivity contribution >= 4 is 0 Å². The molecule has 0 amide bonds. The van der Waals surface area contributed by atoms with Crippen LogP contribution in [0.3, 0.4) is 0 Å². The number of rotatable bonds is 2. The Balaban J connectivity index is 2.52. The molecule has 0 aromatic heterocycles. The van der Waals surface area contributed by atoms with Gasteiger partial charge >= 0.3 is 0 Å². The molecule has 3 nitrogen and oxygen atoms in total. The molecule has 0 saturated carbocycles. The minimum absolute atomic E-state index is 0.206. The Kier molecular flexibility index (Phi) is 2.97. The van der Waals surface area contributed by atoms with E-state index in [0.717, 1.165) is 0 Å². The van der Waals surface area contributed by atoms with Gasteiger partial charge in [0.2, 0.25) is 0 Å². The van der Waals surface area contributed by atoms with Crippen molar-refractivity contribution in [1.29, 1.82) is 0 Å². The van der Waals surface area contributed by atoms with Crippen LogP contribution in [0.2, 0.25) is 0 Å². The summed E-state index contributed by atoms with van der Waals surface area (Å²) in [5, 5.41) is 9.70. The molecule has 1 saturated heterocycles. The van der Waals surface area contributed by atoms with E-state index < -0.39 is 11.9 Å². The molecule has 74 valence electrons. The molecule has 0 spiro atoms. The molecule has 1 fully saturated rings. The van der Waals surface area contributed by atoms with E-state index in [1.807, 2.05) is 13.8 Å². The Morgan fingerprint density at radius 2 is 2.23 bits per heavy atom. The van der Waals surface area contributed by atoms with Gasteiger partial charge in [-0.3, -0.25) is 0 Å². The van der Waals surface area contributed by atoms with Crippen molar-refractivity contribution in [1.82, 2.24) is 0 Å². The van der Waals surface area contributed by atoms with Crippen molar-refractivity contribution in [2.75, 3.05) is 6.61 Å². The number of hydrogen-bond donors (Lipinski definition) is 1. The first-order valence-corrected chi connectivity index (χ1v) is 4.42. The van der Waals surface area contributed by atoms with E-state index in [0.29, 0.717) is 6.61 Å². The summed E-state index contributed by atoms with van der Waals surface area (Å²) in [6.45, 7) is 5.83. The summed E-state index contributed by atoms with van der Waals surface area (Å²) < 4.78 is 10.8. The predicted octanol–water partition coefficient (Wildman–Crippen LogP) is 0.768. The topological polar surface area (TPSA) is 38.7 Å². The van der Waals surface area contributed by atoms with Crippen LogP contribution in [0, 0.1) is 18.3 Å². The lowest BCUT2D eigenvalue weighted by Crippen LogP contribution is -2.34. The lowest BCUT2D eigenvalue weighted by molar-refractivity contribution is -0.153. The third-order valence-corrected chi connectivity index (χ3v) is 2.19. The molecular formula is C10H16O3. The second kappa shape index (κ2) is 3.67. The van der Waals surface area contributed by atoms with Gasteiger partial charge in [-0.05, 0) is 20.8 Å². The largest absolute Gasteiger partial charge is 0.389 e. The van der Waals surface area contributed by atoms with E-state index in [9.17, 15) is 5.11 Å². The lowest BCUT2D eigenvalue weighted by atomic mass is 10.0. The average molecular weight is 184 g/mol. The molecule has 3 atom stereocenters. The molecule has 1 aliphatic rings. The van der Waals surface area contributed by atoms with Crippen LogP contribution in [0.15, 0.2) is 0 Å². The van der Waals surface area contributed by atoms with Gasteiger partial charge in [0.05, 0.1) is 12.7 Å². The van der Waals surface area contributed by atoms with Crippen molar-refractivity contribution in [2.24, 2.45) is 5.92 Å². The summed E-state index contributed by atoms with van der Waals surface area (Å²) in [5.41, 5.74) is 0. The molecule has 1 heterocycles. The summed E-state index contributed by atoms with van der Waals surface area (Å²) in [5.74, 6) is 1.68. The van der Waals surface area contributed by atoms with Gasteiger partial charge in [-0.15, -0.1) is 12.3 Å². The Morgan fingerprint density at radius 3 is 2.62 bits per heavy atom. The van der Waals surface area contributed by atoms with Crippen LogP contribution in [0.25, 0.3) is 0 Å². The average Bonchev–Trinajstić information content (AvgIpc) is 2.43. The van der Waals surface area contributed by atoms with Crippen LogP contribution in [0.4, 0.5) is 0 Å². The minimum Gasteiger partial charge on any atom is -0.389 e. The second-order valence-electron chi connectivity index (χ2n) is 3.81. The fourth-order valence-corrected chi connectivity index (χ4v) is 1.30. The summed E-state index contributed by atoms with van der Waals surface area (Å²) in [6, 6.07) is 0. The van der Waals surface area contributed by atoms with Crippen LogP contribution >= 0.6 is 0 Å². The Bertz CT molecular complexity index is 217. The highest BCUT2D eigenvalue weighted by Crippen LogP contribution is 2.26. The van der Waals surface area contributed by atoms with Gasteiger partial charge in [-0.1, -0.05) is 0 Å². The molecule has 0 radical (unpaired) electrons. The lowest BCUT2D eigenvalue weighted by Gasteiger charge is -2.22. The van der Waals surface area contributed by atoms with Crippen molar-refractivity contribution in [3.05, 3.63) is 0 Å². The van der Waals surface area contributed by atoms with Gasteiger partial charge in [0.15, 0.2) is 5.79 Å². The van der Waals surface area contributed by atoms with Gasteiger partial charge in [0.25, 0.3) is 0 Å². The van der Waals surface area contributed by atoms with E-state index >= 15 is 0 Å². The first-order chi connectivity index (χ1) is 5.96. The van der Waals surface area contributed by atoms with Gasteiger partial charge in [0, 0.05) is 5.92 Å². The van der Waals surface area contributed by atoms with E-state index in [-0.39, 0.29) is 12.0 Å². The fourth-order valence-electron chi connectivity index (χ4n) is 1.30. The predicted molar refractivity (Wildman–Crippen MR) is 48.9 cm³/mol. The van der Waals surface area contributed by atoms with Crippen molar-refractivity contribution in [3.63, 3.8) is 0 Å². The van der Waals surface area contributed by atoms with Gasteiger partial charge in [-0.2, -0.15) is 0 Å². The summed E-state index contributed by atoms with van der Waals surface area (Å²) in [6.07, 6.45) is 4.25. The highest BCUT2D eigenvalue weighted by atomic mass is 16.7. The third kappa shape index (κ3) is 2.44. The highest BCUT2D eigenvalue weighted by Gasteiger charge is 2.38. The number of terminal acetylenes is 1. The first kappa shape index (κ1) is 10.5. The maximum atomic E-state index is 9.70. The SMILES string of the molecule is C#C[C@@H](C)[C@H](O)C1COC(C)(C)O1. The zero-order chi connectivity index (χ0) is 10.1. The molecular weight excluding hydrogens is 168 g/mol. The smallest absolute Gasteiger partial charge is 0.163 e. The number of hydrogen-bond acceptors (Lipinski definition) is 3. The van der Waals surface area contributed by atoms with E-state index in [4.69, 9.17) is 15.9 Å². The van der Waals surface area contributed by atoms with Crippen LogP contribution in [-0.4, -0.2) is 29.7 Å². The fraction of sp³-hybridized carbons (Fsp3) is 0.800. The van der Waals surface area contributed by atoms with Crippen LogP contribution in [0.1, 0.15) is 20.8 Å². The zero-order valence-corrected chi connectivity index (χ0v) is 8.28. The zero-order valence-electron chi connectivity index (χ0n) is 8.28. The summed E-state index contributed by atoms with van der Waals surface area (Å²) in [4.78, 5) is 0. The first-order valence-electron chi connectivity index (χ1n) is 4.42. The second-order valence-corrected chi connectivity index (χ2v) is 3.81.